The van der Waals surface area contributed by atoms with E-state index in [0.717, 1.165) is 36.3 Å². The normalized spacial score (nSPS) is 13.0. The first-order valence-corrected chi connectivity index (χ1v) is 15.4. The summed E-state index contributed by atoms with van der Waals surface area (Å²) in [6.45, 7) is 3.30. The smallest absolute Gasteiger partial charge is 0.304 e. The first-order chi connectivity index (χ1) is 19.4. The molecule has 3 aromatic carbocycles. The number of carbonyl (C=O) groups excluding carboxylic acids is 2. The van der Waals surface area contributed by atoms with Crippen molar-refractivity contribution in [2.75, 3.05) is 24.9 Å². The van der Waals surface area contributed by atoms with Crippen LogP contribution in [0, 0.1) is 5.82 Å². The zero-order valence-corrected chi connectivity index (χ0v) is 26.0. The van der Waals surface area contributed by atoms with Crippen LogP contribution in [-0.4, -0.2) is 62.2 Å². The maximum atomic E-state index is 14.2. The van der Waals surface area contributed by atoms with Gasteiger partial charge in [0.15, 0.2) is 0 Å². The number of hydrogen-bond acceptors (Lipinski definition) is 4. The van der Waals surface area contributed by atoms with E-state index in [4.69, 9.17) is 0 Å². The molecule has 0 radical (unpaired) electrons. The monoisotopic (exact) mass is 646 g/mol. The first-order valence-electron chi connectivity index (χ1n) is 13.3. The van der Waals surface area contributed by atoms with E-state index in [1.54, 1.807) is 0 Å². The van der Waals surface area contributed by atoms with Crippen LogP contribution < -0.4 is 9.62 Å². The summed E-state index contributed by atoms with van der Waals surface area (Å²) in [6, 6.07) is 20.5. The fourth-order valence-electron chi connectivity index (χ4n) is 4.15. The van der Waals surface area contributed by atoms with Crippen LogP contribution in [0.4, 0.5) is 10.1 Å². The van der Waals surface area contributed by atoms with Crippen molar-refractivity contribution in [1.82, 2.24) is 14.5 Å². The van der Waals surface area contributed by atoms with E-state index in [2.05, 4.69) is 21.2 Å². The van der Waals surface area contributed by atoms with Gasteiger partial charge in [0, 0.05) is 37.6 Å². The van der Waals surface area contributed by atoms with E-state index in [0.29, 0.717) is 6.42 Å². The second-order valence-corrected chi connectivity index (χ2v) is 12.9. The lowest BCUT2D eigenvalue weighted by molar-refractivity contribution is -0.140. The molecule has 220 valence electrons. The fourth-order valence-corrected chi connectivity index (χ4v) is 5.65. The van der Waals surface area contributed by atoms with Crippen molar-refractivity contribution in [3.05, 3.63) is 100 Å². The van der Waals surface area contributed by atoms with Crippen molar-refractivity contribution < 1.29 is 22.4 Å². The average molecular weight is 648 g/mol. The molecule has 8 nitrogen and oxygen atoms in total. The van der Waals surface area contributed by atoms with Crippen LogP contribution in [-0.2, 0) is 32.8 Å². The second kappa shape index (κ2) is 14.6. The molecule has 0 heterocycles. The van der Waals surface area contributed by atoms with Gasteiger partial charge in [0.05, 0.1) is 5.69 Å². The van der Waals surface area contributed by atoms with Gasteiger partial charge < -0.3 is 10.2 Å². The molecular formula is C30H36BrFN4O4S. The van der Waals surface area contributed by atoms with Gasteiger partial charge in [0.25, 0.3) is 0 Å². The van der Waals surface area contributed by atoms with Crippen molar-refractivity contribution in [2.24, 2.45) is 0 Å². The molecular weight excluding hydrogens is 611 g/mol. The van der Waals surface area contributed by atoms with Crippen LogP contribution >= 0.6 is 15.9 Å². The van der Waals surface area contributed by atoms with E-state index in [1.165, 1.54) is 31.1 Å². The lowest BCUT2D eigenvalue weighted by Crippen LogP contribution is -2.55. The Kier molecular flexibility index (Phi) is 11.5. The Labute approximate surface area is 250 Å². The number of rotatable bonds is 13. The predicted molar refractivity (Wildman–Crippen MR) is 163 cm³/mol. The van der Waals surface area contributed by atoms with Gasteiger partial charge in [-0.05, 0) is 60.9 Å². The zero-order valence-electron chi connectivity index (χ0n) is 23.6. The molecule has 41 heavy (non-hydrogen) atoms. The second-order valence-electron chi connectivity index (χ2n) is 9.95. The molecule has 0 fully saturated rings. The molecule has 11 heteroatoms. The summed E-state index contributed by atoms with van der Waals surface area (Å²) in [5, 5.41) is 3.00. The van der Waals surface area contributed by atoms with Gasteiger partial charge in [0.2, 0.25) is 11.8 Å². The van der Waals surface area contributed by atoms with Crippen LogP contribution in [0.5, 0.6) is 0 Å². The summed E-state index contributed by atoms with van der Waals surface area (Å²) in [7, 11) is -1.44. The summed E-state index contributed by atoms with van der Waals surface area (Å²) >= 11 is 3.46. The average Bonchev–Trinajstić information content (AvgIpc) is 2.94. The summed E-state index contributed by atoms with van der Waals surface area (Å²) in [5.41, 5.74) is 1.73. The van der Waals surface area contributed by atoms with Gasteiger partial charge in [-0.1, -0.05) is 65.3 Å². The van der Waals surface area contributed by atoms with Gasteiger partial charge in [-0.3, -0.25) is 9.59 Å². The largest absolute Gasteiger partial charge is 0.352 e. The van der Waals surface area contributed by atoms with E-state index >= 15 is 0 Å². The minimum Gasteiger partial charge on any atom is -0.352 e. The quantitative estimate of drug-likeness (QED) is 0.290. The summed E-state index contributed by atoms with van der Waals surface area (Å²) in [5.74, 6) is -1.46. The van der Waals surface area contributed by atoms with E-state index in [-0.39, 0.29) is 30.6 Å². The summed E-state index contributed by atoms with van der Waals surface area (Å²) < 4.78 is 43.1. The number of carbonyl (C=O) groups is 2. The van der Waals surface area contributed by atoms with Gasteiger partial charge >= 0.3 is 10.2 Å². The lowest BCUT2D eigenvalue weighted by atomic mass is 10.0. The highest BCUT2D eigenvalue weighted by molar-refractivity contribution is 9.10. The molecule has 0 saturated heterocycles. The predicted octanol–water partition coefficient (Wildman–Crippen LogP) is 4.76. The molecule has 0 aliphatic carbocycles. The molecule has 3 rings (SSSR count). The van der Waals surface area contributed by atoms with E-state index < -0.39 is 34.5 Å². The topological polar surface area (TPSA) is 90.0 Å². The Balaban J connectivity index is 2.09. The molecule has 0 aromatic heterocycles. The minimum absolute atomic E-state index is 0.0585. The Bertz CT molecular complexity index is 1420. The highest BCUT2D eigenvalue weighted by Gasteiger charge is 2.35. The van der Waals surface area contributed by atoms with Crippen LogP contribution in [0.1, 0.15) is 31.4 Å². The SMILES string of the molecule is CC[C@H](C)NC(=O)[C@H](Cc1ccccc1)N(Cc1cccc(Br)c1)C(=O)CN(c1ccc(F)cc1)S(=O)(=O)N(C)C. The Morgan fingerprint density at radius 3 is 2.17 bits per heavy atom. The molecule has 0 aliphatic rings. The fraction of sp³-hybridized carbons (Fsp3) is 0.333. The number of hydrogen-bond donors (Lipinski definition) is 1. The molecule has 2 amide bonds. The molecule has 0 unspecified atom stereocenters. The van der Waals surface area contributed by atoms with Crippen molar-refractivity contribution >= 4 is 43.6 Å². The molecule has 2 atom stereocenters. The van der Waals surface area contributed by atoms with Crippen molar-refractivity contribution in [2.45, 2.75) is 45.3 Å². The third-order valence-electron chi connectivity index (χ3n) is 6.65. The van der Waals surface area contributed by atoms with Gasteiger partial charge in [-0.25, -0.2) is 8.70 Å². The lowest BCUT2D eigenvalue weighted by Gasteiger charge is -2.35. The Morgan fingerprint density at radius 1 is 0.951 bits per heavy atom. The van der Waals surface area contributed by atoms with Gasteiger partial charge in [0.1, 0.15) is 18.4 Å². The number of benzene rings is 3. The van der Waals surface area contributed by atoms with Crippen LogP contribution in [0.2, 0.25) is 0 Å². The summed E-state index contributed by atoms with van der Waals surface area (Å²) in [6.07, 6.45) is 0.919. The van der Waals surface area contributed by atoms with Crippen molar-refractivity contribution in [3.63, 3.8) is 0 Å². The minimum atomic E-state index is -4.15. The third kappa shape index (κ3) is 8.85. The highest BCUT2D eigenvalue weighted by atomic mass is 79.9. The standard InChI is InChI=1S/C30H36BrFN4O4S/c1-5-22(2)33-30(38)28(19-23-10-7-6-8-11-23)35(20-24-12-9-13-25(31)18-24)29(37)21-36(41(39,40)34(3)4)27-16-14-26(32)15-17-27/h6-18,22,28H,5,19-21H2,1-4H3,(H,33,38)/t22-,28-/m0/s1. The first kappa shape index (κ1) is 32.2. The molecule has 1 N–H and O–H groups in total. The van der Waals surface area contributed by atoms with Crippen LogP contribution in [0.25, 0.3) is 0 Å². The van der Waals surface area contributed by atoms with Crippen molar-refractivity contribution in [3.8, 4) is 0 Å². The Morgan fingerprint density at radius 2 is 1.59 bits per heavy atom. The number of amides is 2. The number of halogens is 2. The van der Waals surface area contributed by atoms with Gasteiger partial charge in [-0.15, -0.1) is 0 Å². The third-order valence-corrected chi connectivity index (χ3v) is 8.96. The van der Waals surface area contributed by atoms with Gasteiger partial charge in [-0.2, -0.15) is 12.7 Å². The van der Waals surface area contributed by atoms with E-state index in [1.807, 2.05) is 68.4 Å². The van der Waals surface area contributed by atoms with Crippen molar-refractivity contribution in [1.29, 1.82) is 0 Å². The number of nitrogens with one attached hydrogen (secondary N) is 1. The maximum Gasteiger partial charge on any atom is 0.304 e. The summed E-state index contributed by atoms with van der Waals surface area (Å²) in [4.78, 5) is 29.3. The molecule has 3 aromatic rings. The highest BCUT2D eigenvalue weighted by Crippen LogP contribution is 2.23. The van der Waals surface area contributed by atoms with Crippen LogP contribution in [0.3, 0.4) is 0 Å². The Hall–Kier alpha value is -3.28. The molecule has 0 saturated carbocycles. The molecule has 0 aliphatic heterocycles. The zero-order chi connectivity index (χ0) is 30.2. The maximum absolute atomic E-state index is 14.2. The molecule has 0 spiro atoms. The van der Waals surface area contributed by atoms with E-state index in [9.17, 15) is 22.4 Å². The number of nitrogens with zero attached hydrogens (tertiary/aromatic N) is 3. The number of anilines is 1. The molecule has 0 bridgehead atoms. The van der Waals surface area contributed by atoms with Crippen LogP contribution in [0.15, 0.2) is 83.3 Å².